The van der Waals surface area contributed by atoms with Gasteiger partial charge in [0, 0.05) is 31.2 Å². The number of para-hydroxylation sites is 1. The molecule has 19 heavy (non-hydrogen) atoms. The third-order valence-corrected chi connectivity index (χ3v) is 3.08. The SMILES string of the molecule is Cc1ccccc1NC(=S)NCCCn1ccnc1. The lowest BCUT2D eigenvalue weighted by Crippen LogP contribution is -2.30. The van der Waals surface area contributed by atoms with Crippen LogP contribution < -0.4 is 10.6 Å². The first-order valence-electron chi connectivity index (χ1n) is 6.32. The van der Waals surface area contributed by atoms with E-state index >= 15 is 0 Å². The lowest BCUT2D eigenvalue weighted by atomic mass is 10.2. The molecule has 0 bridgehead atoms. The van der Waals surface area contributed by atoms with Crippen LogP contribution in [0.2, 0.25) is 0 Å². The van der Waals surface area contributed by atoms with Gasteiger partial charge in [-0.15, -0.1) is 0 Å². The maximum Gasteiger partial charge on any atom is 0.170 e. The van der Waals surface area contributed by atoms with Gasteiger partial charge in [0.25, 0.3) is 0 Å². The second-order valence-electron chi connectivity index (χ2n) is 4.35. The first-order chi connectivity index (χ1) is 9.25. The summed E-state index contributed by atoms with van der Waals surface area (Å²) in [6, 6.07) is 8.10. The molecule has 100 valence electrons. The highest BCUT2D eigenvalue weighted by molar-refractivity contribution is 7.80. The Morgan fingerprint density at radius 3 is 2.95 bits per heavy atom. The molecule has 0 radical (unpaired) electrons. The van der Waals surface area contributed by atoms with Crippen LogP contribution in [0.15, 0.2) is 43.0 Å². The Kier molecular flexibility index (Phi) is 4.92. The third kappa shape index (κ3) is 4.37. The molecule has 2 N–H and O–H groups in total. The number of aryl methyl sites for hydroxylation is 2. The molecule has 0 saturated carbocycles. The van der Waals surface area contributed by atoms with Crippen molar-refractivity contribution >= 4 is 23.0 Å². The lowest BCUT2D eigenvalue weighted by Gasteiger charge is -2.12. The molecule has 0 amide bonds. The van der Waals surface area contributed by atoms with Gasteiger partial charge < -0.3 is 15.2 Å². The quantitative estimate of drug-likeness (QED) is 0.649. The topological polar surface area (TPSA) is 41.9 Å². The van der Waals surface area contributed by atoms with E-state index in [4.69, 9.17) is 12.2 Å². The van der Waals surface area contributed by atoms with E-state index in [2.05, 4.69) is 33.2 Å². The van der Waals surface area contributed by atoms with Crippen molar-refractivity contribution in [2.45, 2.75) is 19.9 Å². The number of hydrogen-bond acceptors (Lipinski definition) is 2. The molecule has 0 spiro atoms. The predicted octanol–water partition coefficient (Wildman–Crippen LogP) is 2.57. The molecular formula is C14H18N4S. The van der Waals surface area contributed by atoms with E-state index in [1.807, 2.05) is 30.7 Å². The van der Waals surface area contributed by atoms with Crippen LogP contribution in [0.1, 0.15) is 12.0 Å². The van der Waals surface area contributed by atoms with Crippen molar-refractivity contribution in [1.29, 1.82) is 0 Å². The average molecular weight is 274 g/mol. The summed E-state index contributed by atoms with van der Waals surface area (Å²) in [5.74, 6) is 0. The third-order valence-electron chi connectivity index (χ3n) is 2.83. The van der Waals surface area contributed by atoms with Crippen molar-refractivity contribution in [1.82, 2.24) is 14.9 Å². The van der Waals surface area contributed by atoms with Gasteiger partial charge in [-0.3, -0.25) is 0 Å². The van der Waals surface area contributed by atoms with Gasteiger partial charge in [0.15, 0.2) is 5.11 Å². The van der Waals surface area contributed by atoms with E-state index in [0.29, 0.717) is 5.11 Å². The van der Waals surface area contributed by atoms with Crippen LogP contribution in [0.25, 0.3) is 0 Å². The molecule has 0 saturated heterocycles. The molecule has 5 heteroatoms. The molecule has 0 atom stereocenters. The average Bonchev–Trinajstić information content (AvgIpc) is 2.91. The molecule has 2 aromatic rings. The Morgan fingerprint density at radius 2 is 2.21 bits per heavy atom. The summed E-state index contributed by atoms with van der Waals surface area (Å²) >= 11 is 5.27. The largest absolute Gasteiger partial charge is 0.362 e. The minimum Gasteiger partial charge on any atom is -0.362 e. The highest BCUT2D eigenvalue weighted by Gasteiger charge is 1.99. The van der Waals surface area contributed by atoms with Crippen molar-refractivity contribution in [3.63, 3.8) is 0 Å². The summed E-state index contributed by atoms with van der Waals surface area (Å²) in [6.07, 6.45) is 6.58. The van der Waals surface area contributed by atoms with Gasteiger partial charge in [0.05, 0.1) is 6.33 Å². The second-order valence-corrected chi connectivity index (χ2v) is 4.76. The van der Waals surface area contributed by atoms with Crippen LogP contribution in [0.5, 0.6) is 0 Å². The van der Waals surface area contributed by atoms with Crippen molar-refractivity contribution < 1.29 is 0 Å². The maximum atomic E-state index is 5.27. The smallest absolute Gasteiger partial charge is 0.170 e. The number of aromatic nitrogens is 2. The first-order valence-corrected chi connectivity index (χ1v) is 6.73. The van der Waals surface area contributed by atoms with Crippen LogP contribution >= 0.6 is 12.2 Å². The van der Waals surface area contributed by atoms with E-state index in [9.17, 15) is 0 Å². The molecule has 1 aromatic heterocycles. The Labute approximate surface area is 118 Å². The molecular weight excluding hydrogens is 256 g/mol. The number of anilines is 1. The van der Waals surface area contributed by atoms with Crippen LogP contribution in [0.3, 0.4) is 0 Å². The fourth-order valence-electron chi connectivity index (χ4n) is 1.76. The lowest BCUT2D eigenvalue weighted by molar-refractivity contribution is 0.632. The minimum absolute atomic E-state index is 0.667. The Balaban J connectivity index is 1.69. The van der Waals surface area contributed by atoms with Gasteiger partial charge in [-0.1, -0.05) is 18.2 Å². The van der Waals surface area contributed by atoms with Gasteiger partial charge in [0.2, 0.25) is 0 Å². The van der Waals surface area contributed by atoms with E-state index in [1.54, 1.807) is 6.20 Å². The molecule has 0 aliphatic carbocycles. The van der Waals surface area contributed by atoms with Crippen molar-refractivity contribution in [2.24, 2.45) is 0 Å². The number of nitrogens with zero attached hydrogens (tertiary/aromatic N) is 2. The predicted molar refractivity (Wildman–Crippen MR) is 82.2 cm³/mol. The molecule has 4 nitrogen and oxygen atoms in total. The van der Waals surface area contributed by atoms with Crippen molar-refractivity contribution in [3.8, 4) is 0 Å². The standard InChI is InChI=1S/C14H18N4S/c1-12-5-2-3-6-13(12)17-14(19)16-7-4-9-18-10-8-15-11-18/h2-3,5-6,8,10-11H,4,7,9H2,1H3,(H2,16,17,19). The molecule has 0 fully saturated rings. The maximum absolute atomic E-state index is 5.27. The highest BCUT2D eigenvalue weighted by Crippen LogP contribution is 2.12. The number of thiocarbonyl (C=S) groups is 1. The molecule has 0 aliphatic rings. The van der Waals surface area contributed by atoms with Gasteiger partial charge in [-0.05, 0) is 37.2 Å². The summed E-state index contributed by atoms with van der Waals surface area (Å²) in [4.78, 5) is 4.01. The molecule has 2 rings (SSSR count). The van der Waals surface area contributed by atoms with E-state index in [1.165, 1.54) is 5.56 Å². The molecule has 1 aromatic carbocycles. The van der Waals surface area contributed by atoms with E-state index in [0.717, 1.165) is 25.2 Å². The Morgan fingerprint density at radius 1 is 1.37 bits per heavy atom. The fraction of sp³-hybridized carbons (Fsp3) is 0.286. The summed E-state index contributed by atoms with van der Waals surface area (Å²) in [5.41, 5.74) is 2.24. The summed E-state index contributed by atoms with van der Waals surface area (Å²) < 4.78 is 2.06. The second kappa shape index (κ2) is 6.89. The number of hydrogen-bond donors (Lipinski definition) is 2. The summed E-state index contributed by atoms with van der Waals surface area (Å²) in [7, 11) is 0. The van der Waals surface area contributed by atoms with Crippen LogP contribution in [0, 0.1) is 6.92 Å². The van der Waals surface area contributed by atoms with Gasteiger partial charge in [-0.25, -0.2) is 4.98 Å². The molecule has 1 heterocycles. The summed E-state index contributed by atoms with van der Waals surface area (Å²) in [6.45, 7) is 3.85. The van der Waals surface area contributed by atoms with Gasteiger partial charge >= 0.3 is 0 Å². The van der Waals surface area contributed by atoms with Crippen LogP contribution in [-0.2, 0) is 6.54 Å². The zero-order chi connectivity index (χ0) is 13.5. The van der Waals surface area contributed by atoms with Crippen LogP contribution in [0.4, 0.5) is 5.69 Å². The van der Waals surface area contributed by atoms with Crippen LogP contribution in [-0.4, -0.2) is 21.2 Å². The first kappa shape index (κ1) is 13.5. The van der Waals surface area contributed by atoms with Gasteiger partial charge in [-0.2, -0.15) is 0 Å². The zero-order valence-corrected chi connectivity index (χ0v) is 11.8. The Bertz CT molecular complexity index is 522. The number of benzene rings is 1. The summed E-state index contributed by atoms with van der Waals surface area (Å²) in [5, 5.41) is 7.08. The number of rotatable bonds is 5. The van der Waals surface area contributed by atoms with Gasteiger partial charge in [0.1, 0.15) is 0 Å². The minimum atomic E-state index is 0.667. The highest BCUT2D eigenvalue weighted by atomic mass is 32.1. The monoisotopic (exact) mass is 274 g/mol. The van der Waals surface area contributed by atoms with E-state index in [-0.39, 0.29) is 0 Å². The molecule has 0 unspecified atom stereocenters. The van der Waals surface area contributed by atoms with E-state index < -0.39 is 0 Å². The molecule has 0 aliphatic heterocycles. The van der Waals surface area contributed by atoms with Crippen molar-refractivity contribution in [3.05, 3.63) is 48.5 Å². The number of nitrogens with one attached hydrogen (secondary N) is 2. The fourth-order valence-corrected chi connectivity index (χ4v) is 1.97. The normalized spacial score (nSPS) is 10.2. The zero-order valence-electron chi connectivity index (χ0n) is 11.0. The number of imidazole rings is 1. The van der Waals surface area contributed by atoms with Crippen molar-refractivity contribution in [2.75, 3.05) is 11.9 Å². The Hall–Kier alpha value is -1.88.